The third-order valence-electron chi connectivity index (χ3n) is 2.15. The molecule has 0 aliphatic carbocycles. The van der Waals surface area contributed by atoms with E-state index in [0.717, 1.165) is 0 Å². The zero-order valence-electron chi connectivity index (χ0n) is 8.20. The van der Waals surface area contributed by atoms with Crippen LogP contribution in [0.15, 0.2) is 0 Å². The second-order valence-corrected chi connectivity index (χ2v) is 3.62. The molecular weight excluding hydrogens is 174 g/mol. The molecule has 0 aliphatic heterocycles. The van der Waals surface area contributed by atoms with Gasteiger partial charge in [0.2, 0.25) is 0 Å². The van der Waals surface area contributed by atoms with Crippen LogP contribution < -0.4 is 6.15 Å². The van der Waals surface area contributed by atoms with E-state index in [2.05, 4.69) is 0 Å². The number of carboxylic acid groups (broad SMARTS) is 2. The Morgan fingerprint density at radius 2 is 1.69 bits per heavy atom. The molecule has 0 rings (SSSR count). The van der Waals surface area contributed by atoms with Gasteiger partial charge >= 0.3 is 11.9 Å². The van der Waals surface area contributed by atoms with Gasteiger partial charge in [-0.1, -0.05) is 20.8 Å². The first-order valence-electron chi connectivity index (χ1n) is 3.72. The highest BCUT2D eigenvalue weighted by Gasteiger charge is 2.33. The van der Waals surface area contributed by atoms with Crippen molar-refractivity contribution in [1.82, 2.24) is 6.15 Å². The fraction of sp³-hybridized carbons (Fsp3) is 0.750. The molecule has 0 spiro atoms. The zero-order chi connectivity index (χ0) is 9.94. The Morgan fingerprint density at radius 3 is 1.92 bits per heavy atom. The van der Waals surface area contributed by atoms with E-state index in [1.807, 2.05) is 0 Å². The first kappa shape index (κ1) is 14.4. The number of carboxylic acids is 2. The summed E-state index contributed by atoms with van der Waals surface area (Å²) in [5.41, 5.74) is -0.697. The van der Waals surface area contributed by atoms with Crippen LogP contribution in [0.25, 0.3) is 0 Å². The Balaban J connectivity index is 0. The lowest BCUT2D eigenvalue weighted by Crippen LogP contribution is -2.30. The number of rotatable bonds is 4. The number of hydrogen-bond donors (Lipinski definition) is 3. The predicted molar refractivity (Wildman–Crippen MR) is 47.9 cm³/mol. The van der Waals surface area contributed by atoms with Gasteiger partial charge in [0.05, 0.1) is 12.3 Å². The lowest BCUT2D eigenvalue weighted by atomic mass is 9.77. The summed E-state index contributed by atoms with van der Waals surface area (Å²) in [4.78, 5) is 20.9. The molecule has 0 fully saturated rings. The van der Waals surface area contributed by atoms with Gasteiger partial charge in [0.25, 0.3) is 0 Å². The fourth-order valence-corrected chi connectivity index (χ4v) is 0.877. The molecule has 0 heterocycles. The molecule has 5 heteroatoms. The Labute approximate surface area is 77.3 Å². The minimum atomic E-state index is -0.965. The molecule has 5 nitrogen and oxygen atoms in total. The number of carbonyl (C=O) groups is 2. The summed E-state index contributed by atoms with van der Waals surface area (Å²) in [6.45, 7) is 4.80. The standard InChI is InChI=1S/C8H14O4.H3N/c1-5(7(11)12)8(2,3)4-6(9)10;/h5H,4H2,1-3H3,(H,9,10)(H,11,12);1H3. The van der Waals surface area contributed by atoms with Crippen LogP contribution in [0, 0.1) is 11.3 Å². The van der Waals surface area contributed by atoms with Crippen molar-refractivity contribution in [2.24, 2.45) is 11.3 Å². The van der Waals surface area contributed by atoms with Gasteiger partial charge in [-0.3, -0.25) is 9.59 Å². The molecule has 0 aromatic heterocycles. The Kier molecular flexibility index (Phi) is 5.34. The van der Waals surface area contributed by atoms with Crippen LogP contribution in [0.4, 0.5) is 0 Å². The number of aliphatic carboxylic acids is 2. The summed E-state index contributed by atoms with van der Waals surface area (Å²) >= 11 is 0. The van der Waals surface area contributed by atoms with E-state index >= 15 is 0 Å². The molecule has 13 heavy (non-hydrogen) atoms. The van der Waals surface area contributed by atoms with Crippen molar-refractivity contribution in [1.29, 1.82) is 0 Å². The summed E-state index contributed by atoms with van der Waals surface area (Å²) in [5.74, 6) is -2.57. The maximum Gasteiger partial charge on any atom is 0.306 e. The van der Waals surface area contributed by atoms with Crippen LogP contribution in [0.2, 0.25) is 0 Å². The fourth-order valence-electron chi connectivity index (χ4n) is 0.877. The average Bonchev–Trinajstić information content (AvgIpc) is 1.82. The van der Waals surface area contributed by atoms with Gasteiger partial charge in [-0.05, 0) is 5.41 Å². The van der Waals surface area contributed by atoms with E-state index in [1.165, 1.54) is 6.92 Å². The van der Waals surface area contributed by atoms with Crippen molar-refractivity contribution in [3.05, 3.63) is 0 Å². The molecule has 0 bridgehead atoms. The van der Waals surface area contributed by atoms with Gasteiger partial charge in [-0.15, -0.1) is 0 Å². The third kappa shape index (κ3) is 4.47. The van der Waals surface area contributed by atoms with E-state index < -0.39 is 23.3 Å². The maximum absolute atomic E-state index is 10.5. The Hall–Kier alpha value is -1.10. The van der Waals surface area contributed by atoms with Crippen molar-refractivity contribution >= 4 is 11.9 Å². The normalized spacial score (nSPS) is 12.8. The first-order valence-corrected chi connectivity index (χ1v) is 3.72. The molecule has 78 valence electrons. The van der Waals surface area contributed by atoms with Gasteiger partial charge < -0.3 is 16.4 Å². The van der Waals surface area contributed by atoms with Crippen molar-refractivity contribution in [3.8, 4) is 0 Å². The van der Waals surface area contributed by atoms with E-state index in [9.17, 15) is 9.59 Å². The molecule has 0 amide bonds. The minimum Gasteiger partial charge on any atom is -0.481 e. The quantitative estimate of drug-likeness (QED) is 0.621. The van der Waals surface area contributed by atoms with E-state index in [0.29, 0.717) is 0 Å². The lowest BCUT2D eigenvalue weighted by Gasteiger charge is -2.26. The number of hydrogen-bond acceptors (Lipinski definition) is 3. The van der Waals surface area contributed by atoms with Crippen LogP contribution in [0.5, 0.6) is 0 Å². The SMILES string of the molecule is CC(C(=O)O)C(C)(C)CC(=O)O.N. The second-order valence-electron chi connectivity index (χ2n) is 3.62. The summed E-state index contributed by atoms with van der Waals surface area (Å²) in [5, 5.41) is 17.1. The average molecular weight is 191 g/mol. The highest BCUT2D eigenvalue weighted by molar-refractivity contribution is 5.73. The maximum atomic E-state index is 10.5. The highest BCUT2D eigenvalue weighted by Crippen LogP contribution is 2.30. The van der Waals surface area contributed by atoms with Crippen LogP contribution in [-0.2, 0) is 9.59 Å². The van der Waals surface area contributed by atoms with Gasteiger partial charge in [-0.2, -0.15) is 0 Å². The molecule has 0 aromatic carbocycles. The van der Waals surface area contributed by atoms with E-state index in [1.54, 1.807) is 13.8 Å². The third-order valence-corrected chi connectivity index (χ3v) is 2.15. The highest BCUT2D eigenvalue weighted by atomic mass is 16.4. The monoisotopic (exact) mass is 191 g/mol. The van der Waals surface area contributed by atoms with Crippen molar-refractivity contribution in [2.75, 3.05) is 0 Å². The van der Waals surface area contributed by atoms with E-state index in [-0.39, 0.29) is 12.6 Å². The molecule has 1 unspecified atom stereocenters. The van der Waals surface area contributed by atoms with Gasteiger partial charge in [-0.25, -0.2) is 0 Å². The predicted octanol–water partition coefficient (Wildman–Crippen LogP) is 1.37. The van der Waals surface area contributed by atoms with Crippen molar-refractivity contribution < 1.29 is 19.8 Å². The molecule has 0 saturated heterocycles. The van der Waals surface area contributed by atoms with Crippen LogP contribution >= 0.6 is 0 Å². The Morgan fingerprint density at radius 1 is 1.31 bits per heavy atom. The molecular formula is C8H17NO4. The largest absolute Gasteiger partial charge is 0.481 e. The molecule has 1 atom stereocenters. The summed E-state index contributed by atoms with van der Waals surface area (Å²) in [6.07, 6.45) is -0.125. The topological polar surface area (TPSA) is 110 Å². The Bertz CT molecular complexity index is 200. The minimum absolute atomic E-state index is 0. The molecule has 0 radical (unpaired) electrons. The van der Waals surface area contributed by atoms with Gasteiger partial charge in [0, 0.05) is 0 Å². The molecule has 0 aliphatic rings. The summed E-state index contributed by atoms with van der Waals surface area (Å²) < 4.78 is 0. The summed E-state index contributed by atoms with van der Waals surface area (Å²) in [7, 11) is 0. The molecule has 0 saturated carbocycles. The lowest BCUT2D eigenvalue weighted by molar-refractivity contribution is -0.147. The molecule has 5 N–H and O–H groups in total. The van der Waals surface area contributed by atoms with Crippen molar-refractivity contribution in [2.45, 2.75) is 27.2 Å². The second kappa shape index (κ2) is 4.81. The van der Waals surface area contributed by atoms with E-state index in [4.69, 9.17) is 10.2 Å². The van der Waals surface area contributed by atoms with Gasteiger partial charge in [0.1, 0.15) is 0 Å². The van der Waals surface area contributed by atoms with Gasteiger partial charge in [0.15, 0.2) is 0 Å². The van der Waals surface area contributed by atoms with Crippen molar-refractivity contribution in [3.63, 3.8) is 0 Å². The summed E-state index contributed by atoms with van der Waals surface area (Å²) in [6, 6.07) is 0. The first-order chi connectivity index (χ1) is 5.27. The molecule has 0 aromatic rings. The van der Waals surface area contributed by atoms with Crippen LogP contribution in [0.3, 0.4) is 0 Å². The zero-order valence-corrected chi connectivity index (χ0v) is 8.20. The van der Waals surface area contributed by atoms with Crippen LogP contribution in [0.1, 0.15) is 27.2 Å². The van der Waals surface area contributed by atoms with Crippen LogP contribution in [-0.4, -0.2) is 22.2 Å². The smallest absolute Gasteiger partial charge is 0.306 e.